The number of benzene rings is 2. The summed E-state index contributed by atoms with van der Waals surface area (Å²) in [5.74, 6) is 1.67. The molecule has 0 atom stereocenters. The molecule has 1 aliphatic heterocycles. The zero-order valence-corrected chi connectivity index (χ0v) is 18.5. The van der Waals surface area contributed by atoms with Gasteiger partial charge in [0.25, 0.3) is 0 Å². The summed E-state index contributed by atoms with van der Waals surface area (Å²) in [4.78, 5) is 19.3. The molecule has 32 heavy (non-hydrogen) atoms. The standard InChI is InChI=1S/C25H27N5O2/c1-17-3-6-19(7-4-17)24-27-25(32-28-24)20-9-12-29(13-10-20)23(31)11-14-30-22-8-5-18(2)15-21(22)16-26-30/h3-8,15-16,20H,9-14H2,1-2H3. The zero-order valence-electron chi connectivity index (χ0n) is 18.5. The number of aryl methyl sites for hydroxylation is 3. The second-order valence-corrected chi connectivity index (χ2v) is 8.66. The van der Waals surface area contributed by atoms with E-state index >= 15 is 0 Å². The molecular weight excluding hydrogens is 402 g/mol. The smallest absolute Gasteiger partial charge is 0.230 e. The summed E-state index contributed by atoms with van der Waals surface area (Å²) in [6.07, 6.45) is 4.00. The fourth-order valence-electron chi connectivity index (χ4n) is 4.34. The summed E-state index contributed by atoms with van der Waals surface area (Å²) in [6, 6.07) is 14.4. The van der Waals surface area contributed by atoms with Crippen LogP contribution in [0, 0.1) is 13.8 Å². The predicted molar refractivity (Wildman–Crippen MR) is 122 cm³/mol. The van der Waals surface area contributed by atoms with E-state index in [9.17, 15) is 4.79 Å². The van der Waals surface area contributed by atoms with E-state index in [0.717, 1.165) is 29.3 Å². The van der Waals surface area contributed by atoms with E-state index in [2.05, 4.69) is 47.3 Å². The Morgan fingerprint density at radius 2 is 1.81 bits per heavy atom. The number of piperidine rings is 1. The van der Waals surface area contributed by atoms with Gasteiger partial charge in [0.05, 0.1) is 18.3 Å². The topological polar surface area (TPSA) is 77.0 Å². The molecule has 1 aliphatic rings. The molecule has 2 aromatic heterocycles. The number of hydrogen-bond acceptors (Lipinski definition) is 5. The normalized spacial score (nSPS) is 14.9. The van der Waals surface area contributed by atoms with Crippen molar-refractivity contribution in [2.45, 2.75) is 45.6 Å². The maximum Gasteiger partial charge on any atom is 0.230 e. The van der Waals surface area contributed by atoms with E-state index in [-0.39, 0.29) is 11.8 Å². The first-order valence-electron chi connectivity index (χ1n) is 11.2. The van der Waals surface area contributed by atoms with Crippen molar-refractivity contribution in [1.82, 2.24) is 24.8 Å². The molecule has 164 valence electrons. The van der Waals surface area contributed by atoms with Crippen LogP contribution in [0.25, 0.3) is 22.3 Å². The van der Waals surface area contributed by atoms with Gasteiger partial charge in [-0.1, -0.05) is 46.6 Å². The average molecular weight is 430 g/mol. The number of fused-ring (bicyclic) bond motifs is 1. The van der Waals surface area contributed by atoms with Crippen LogP contribution in [0.3, 0.4) is 0 Å². The van der Waals surface area contributed by atoms with E-state index < -0.39 is 0 Å². The molecule has 0 N–H and O–H groups in total. The summed E-state index contributed by atoms with van der Waals surface area (Å²) >= 11 is 0. The molecule has 0 radical (unpaired) electrons. The third-order valence-electron chi connectivity index (χ3n) is 6.28. The Kier molecular flexibility index (Phi) is 5.47. The molecule has 1 saturated heterocycles. The number of amides is 1. The fraction of sp³-hybridized carbons (Fsp3) is 0.360. The van der Waals surface area contributed by atoms with Crippen LogP contribution in [0.15, 0.2) is 53.2 Å². The average Bonchev–Trinajstić information content (AvgIpc) is 3.45. The molecular formula is C25H27N5O2. The van der Waals surface area contributed by atoms with Crippen molar-refractivity contribution in [1.29, 1.82) is 0 Å². The Morgan fingerprint density at radius 3 is 2.59 bits per heavy atom. The Morgan fingerprint density at radius 1 is 1.06 bits per heavy atom. The number of aromatic nitrogens is 4. The third kappa shape index (κ3) is 4.15. The van der Waals surface area contributed by atoms with E-state index in [1.54, 1.807) is 0 Å². The maximum absolute atomic E-state index is 12.8. The fourth-order valence-corrected chi connectivity index (χ4v) is 4.34. The van der Waals surface area contributed by atoms with Crippen molar-refractivity contribution >= 4 is 16.8 Å². The van der Waals surface area contributed by atoms with Gasteiger partial charge in [0.15, 0.2) is 0 Å². The van der Waals surface area contributed by atoms with Crippen molar-refractivity contribution in [3.05, 3.63) is 65.7 Å². The Bertz CT molecular complexity index is 1230. The van der Waals surface area contributed by atoms with E-state index in [4.69, 9.17) is 4.52 Å². The van der Waals surface area contributed by atoms with Gasteiger partial charge in [-0.15, -0.1) is 0 Å². The van der Waals surface area contributed by atoms with Crippen LogP contribution < -0.4 is 0 Å². The molecule has 0 unspecified atom stereocenters. The Balaban J connectivity index is 1.16. The third-order valence-corrected chi connectivity index (χ3v) is 6.28. The van der Waals surface area contributed by atoms with Gasteiger partial charge < -0.3 is 9.42 Å². The van der Waals surface area contributed by atoms with Crippen molar-refractivity contribution in [3.63, 3.8) is 0 Å². The summed E-state index contributed by atoms with van der Waals surface area (Å²) in [5.41, 5.74) is 4.44. The van der Waals surface area contributed by atoms with E-state index in [0.29, 0.717) is 37.8 Å². The number of rotatable bonds is 5. The monoisotopic (exact) mass is 429 g/mol. The first-order chi connectivity index (χ1) is 15.6. The van der Waals surface area contributed by atoms with Gasteiger partial charge in [0.1, 0.15) is 0 Å². The lowest BCUT2D eigenvalue weighted by Crippen LogP contribution is -2.38. The second-order valence-electron chi connectivity index (χ2n) is 8.66. The van der Waals surface area contributed by atoms with Gasteiger partial charge in [-0.25, -0.2) is 0 Å². The number of nitrogens with zero attached hydrogens (tertiary/aromatic N) is 5. The lowest BCUT2D eigenvalue weighted by Gasteiger charge is -2.30. The molecule has 1 amide bonds. The molecule has 1 fully saturated rings. The second kappa shape index (κ2) is 8.57. The maximum atomic E-state index is 12.8. The highest BCUT2D eigenvalue weighted by Gasteiger charge is 2.27. The molecule has 5 rings (SSSR count). The molecule has 0 bridgehead atoms. The highest BCUT2D eigenvalue weighted by atomic mass is 16.5. The molecule has 7 heteroatoms. The van der Waals surface area contributed by atoms with Crippen LogP contribution in [-0.4, -0.2) is 43.8 Å². The minimum absolute atomic E-state index is 0.171. The molecule has 2 aromatic carbocycles. The number of carbonyl (C=O) groups excluding carboxylic acids is 1. The van der Waals surface area contributed by atoms with Crippen LogP contribution in [-0.2, 0) is 11.3 Å². The van der Waals surface area contributed by atoms with Crippen molar-refractivity contribution in [2.24, 2.45) is 0 Å². The van der Waals surface area contributed by atoms with Gasteiger partial charge in [-0.05, 0) is 38.8 Å². The van der Waals surface area contributed by atoms with Gasteiger partial charge in [-0.3, -0.25) is 9.48 Å². The quantitative estimate of drug-likeness (QED) is 0.467. The predicted octanol–water partition coefficient (Wildman–Crippen LogP) is 4.50. The first-order valence-corrected chi connectivity index (χ1v) is 11.2. The lowest BCUT2D eigenvalue weighted by molar-refractivity contribution is -0.132. The molecule has 4 aromatic rings. The molecule has 0 spiro atoms. The SMILES string of the molecule is Cc1ccc(-c2noc(C3CCN(C(=O)CCn4ncc5cc(C)ccc54)CC3)n2)cc1. The first kappa shape index (κ1) is 20.4. The van der Waals surface area contributed by atoms with Gasteiger partial charge in [0.2, 0.25) is 17.6 Å². The number of likely N-dealkylation sites (tertiary alicyclic amines) is 1. The molecule has 0 aliphatic carbocycles. The molecule has 7 nitrogen and oxygen atoms in total. The minimum atomic E-state index is 0.171. The minimum Gasteiger partial charge on any atom is -0.343 e. The highest BCUT2D eigenvalue weighted by Crippen LogP contribution is 2.29. The summed E-state index contributed by atoms with van der Waals surface area (Å²) in [7, 11) is 0. The zero-order chi connectivity index (χ0) is 22.1. The lowest BCUT2D eigenvalue weighted by atomic mass is 9.96. The van der Waals surface area contributed by atoms with Crippen LogP contribution in [0.4, 0.5) is 0 Å². The Labute approximate surface area is 187 Å². The van der Waals surface area contributed by atoms with Crippen molar-refractivity contribution in [3.8, 4) is 11.4 Å². The number of hydrogen-bond donors (Lipinski definition) is 0. The number of carbonyl (C=O) groups is 1. The van der Waals surface area contributed by atoms with Crippen molar-refractivity contribution < 1.29 is 9.32 Å². The van der Waals surface area contributed by atoms with Crippen molar-refractivity contribution in [2.75, 3.05) is 13.1 Å². The van der Waals surface area contributed by atoms with Crippen LogP contribution >= 0.6 is 0 Å². The molecule has 3 heterocycles. The van der Waals surface area contributed by atoms with Crippen LogP contribution in [0.5, 0.6) is 0 Å². The van der Waals surface area contributed by atoms with E-state index in [1.807, 2.05) is 40.0 Å². The van der Waals surface area contributed by atoms with Crippen LogP contribution in [0.2, 0.25) is 0 Å². The summed E-state index contributed by atoms with van der Waals surface area (Å²) in [5, 5.41) is 9.73. The van der Waals surface area contributed by atoms with Crippen LogP contribution in [0.1, 0.15) is 42.2 Å². The van der Waals surface area contributed by atoms with Gasteiger partial charge in [-0.2, -0.15) is 10.1 Å². The Hall–Kier alpha value is -3.48. The van der Waals surface area contributed by atoms with Gasteiger partial charge >= 0.3 is 0 Å². The largest absolute Gasteiger partial charge is 0.343 e. The van der Waals surface area contributed by atoms with E-state index in [1.165, 1.54) is 11.1 Å². The summed E-state index contributed by atoms with van der Waals surface area (Å²) < 4.78 is 7.48. The molecule has 0 saturated carbocycles. The highest BCUT2D eigenvalue weighted by molar-refractivity contribution is 5.80. The van der Waals surface area contributed by atoms with Gasteiger partial charge in [0, 0.05) is 36.4 Å². The summed E-state index contributed by atoms with van der Waals surface area (Å²) in [6.45, 7) is 6.14.